The Labute approximate surface area is 125 Å². The molecule has 1 unspecified atom stereocenters. The van der Waals surface area contributed by atoms with Crippen LogP contribution >= 0.6 is 15.9 Å². The van der Waals surface area contributed by atoms with E-state index in [0.717, 1.165) is 6.42 Å². The van der Waals surface area contributed by atoms with Gasteiger partial charge in [0.05, 0.1) is 28.7 Å². The number of nitrogens with one attached hydrogen (secondary N) is 1. The molecule has 1 atom stereocenters. The van der Waals surface area contributed by atoms with Gasteiger partial charge in [-0.2, -0.15) is 0 Å². The van der Waals surface area contributed by atoms with Crippen LogP contribution in [0.3, 0.4) is 0 Å². The predicted octanol–water partition coefficient (Wildman–Crippen LogP) is 3.55. The molecule has 0 saturated heterocycles. The molecule has 0 aliphatic heterocycles. The third-order valence-electron chi connectivity index (χ3n) is 3.12. The lowest BCUT2D eigenvalue weighted by Crippen LogP contribution is -2.27. The average molecular weight is 344 g/mol. The zero-order valence-corrected chi connectivity index (χ0v) is 12.9. The Hall–Kier alpha value is -1.27. The van der Waals surface area contributed by atoms with Gasteiger partial charge in [-0.25, -0.2) is 13.8 Å². The zero-order chi connectivity index (χ0) is 14.7. The summed E-state index contributed by atoms with van der Waals surface area (Å²) in [6.07, 6.45) is 4.10. The molecule has 6 heteroatoms. The van der Waals surface area contributed by atoms with Crippen LogP contribution in [0.2, 0.25) is 0 Å². The van der Waals surface area contributed by atoms with Crippen molar-refractivity contribution in [3.05, 3.63) is 52.0 Å². The first-order valence-corrected chi connectivity index (χ1v) is 7.18. The van der Waals surface area contributed by atoms with Gasteiger partial charge in [-0.15, -0.1) is 0 Å². The summed E-state index contributed by atoms with van der Waals surface area (Å²) < 4.78 is 30.4. The normalized spacial score (nSPS) is 12.7. The van der Waals surface area contributed by atoms with Crippen LogP contribution in [-0.4, -0.2) is 16.1 Å². The molecule has 0 aliphatic rings. The molecule has 0 bridgehead atoms. The van der Waals surface area contributed by atoms with Crippen LogP contribution in [0.25, 0.3) is 0 Å². The molecule has 2 aromatic rings. The van der Waals surface area contributed by atoms with Gasteiger partial charge >= 0.3 is 0 Å². The standard InChI is InChI=1S/C14H16BrF2N3/c1-3-6-19-14(11-7-18-8-20(11)2)12-10(16)5-4-9(15)13(12)17/h4-5,7-8,14,19H,3,6H2,1-2H3. The molecule has 0 aliphatic carbocycles. The number of benzene rings is 1. The smallest absolute Gasteiger partial charge is 0.145 e. The molecule has 108 valence electrons. The third kappa shape index (κ3) is 2.91. The molecular formula is C14H16BrF2N3. The predicted molar refractivity (Wildman–Crippen MR) is 77.4 cm³/mol. The minimum absolute atomic E-state index is 0.0106. The number of halogens is 3. The summed E-state index contributed by atoms with van der Waals surface area (Å²) in [4.78, 5) is 4.02. The van der Waals surface area contributed by atoms with Crippen LogP contribution in [0.15, 0.2) is 29.1 Å². The summed E-state index contributed by atoms with van der Waals surface area (Å²) in [5.74, 6) is -1.15. The molecule has 0 radical (unpaired) electrons. The third-order valence-corrected chi connectivity index (χ3v) is 3.73. The van der Waals surface area contributed by atoms with Gasteiger partial charge in [-0.05, 0) is 41.0 Å². The first-order chi connectivity index (χ1) is 9.56. The van der Waals surface area contributed by atoms with Gasteiger partial charge in [0.2, 0.25) is 0 Å². The van der Waals surface area contributed by atoms with E-state index in [-0.39, 0.29) is 10.0 Å². The second kappa shape index (κ2) is 6.45. The van der Waals surface area contributed by atoms with E-state index >= 15 is 0 Å². The summed E-state index contributed by atoms with van der Waals surface area (Å²) >= 11 is 3.11. The van der Waals surface area contributed by atoms with Gasteiger partial charge in [0.25, 0.3) is 0 Å². The Bertz CT molecular complexity index is 598. The lowest BCUT2D eigenvalue weighted by molar-refractivity contribution is 0.488. The second-order valence-corrected chi connectivity index (χ2v) is 5.43. The van der Waals surface area contributed by atoms with Crippen molar-refractivity contribution < 1.29 is 8.78 Å². The molecule has 3 nitrogen and oxygen atoms in total. The molecule has 1 aromatic heterocycles. The van der Waals surface area contributed by atoms with Crippen molar-refractivity contribution in [3.8, 4) is 0 Å². The number of nitrogens with zero attached hydrogens (tertiary/aromatic N) is 2. The van der Waals surface area contributed by atoms with Gasteiger partial charge in [-0.3, -0.25) is 0 Å². The number of hydrogen-bond donors (Lipinski definition) is 1. The van der Waals surface area contributed by atoms with E-state index in [1.165, 1.54) is 12.1 Å². The van der Waals surface area contributed by atoms with E-state index in [1.807, 2.05) is 6.92 Å². The number of rotatable bonds is 5. The number of hydrogen-bond acceptors (Lipinski definition) is 2. The summed E-state index contributed by atoms with van der Waals surface area (Å²) in [5.41, 5.74) is 0.728. The monoisotopic (exact) mass is 343 g/mol. The molecular weight excluding hydrogens is 328 g/mol. The minimum atomic E-state index is -0.584. The van der Waals surface area contributed by atoms with Crippen molar-refractivity contribution in [1.29, 1.82) is 0 Å². The lowest BCUT2D eigenvalue weighted by Gasteiger charge is -2.21. The topological polar surface area (TPSA) is 29.9 Å². The summed E-state index contributed by atoms with van der Waals surface area (Å²) in [6.45, 7) is 2.65. The van der Waals surface area contributed by atoms with Crippen LogP contribution in [0.5, 0.6) is 0 Å². The first-order valence-electron chi connectivity index (χ1n) is 6.39. The van der Waals surface area contributed by atoms with Crippen LogP contribution in [0, 0.1) is 11.6 Å². The van der Waals surface area contributed by atoms with E-state index in [0.29, 0.717) is 12.2 Å². The highest BCUT2D eigenvalue weighted by Gasteiger charge is 2.25. The lowest BCUT2D eigenvalue weighted by atomic mass is 10.0. The Kier molecular flexibility index (Phi) is 4.88. The van der Waals surface area contributed by atoms with E-state index in [4.69, 9.17) is 0 Å². The molecule has 2 rings (SSSR count). The fourth-order valence-corrected chi connectivity index (χ4v) is 2.44. The first kappa shape index (κ1) is 15.1. The fraction of sp³-hybridized carbons (Fsp3) is 0.357. The van der Waals surface area contributed by atoms with Crippen LogP contribution < -0.4 is 5.32 Å². The quantitative estimate of drug-likeness (QED) is 0.841. The minimum Gasteiger partial charge on any atom is -0.336 e. The Morgan fingerprint density at radius 2 is 2.15 bits per heavy atom. The van der Waals surface area contributed by atoms with E-state index < -0.39 is 17.7 Å². The van der Waals surface area contributed by atoms with Crippen molar-refractivity contribution >= 4 is 15.9 Å². The second-order valence-electron chi connectivity index (χ2n) is 4.57. The molecule has 0 fully saturated rings. The van der Waals surface area contributed by atoms with Crippen LogP contribution in [-0.2, 0) is 7.05 Å². The SMILES string of the molecule is CCCNC(c1c(F)ccc(Br)c1F)c1cncn1C. The summed E-state index contributed by atoms with van der Waals surface area (Å²) in [6, 6.07) is 2.06. The number of aryl methyl sites for hydroxylation is 1. The largest absolute Gasteiger partial charge is 0.336 e. The van der Waals surface area contributed by atoms with Gasteiger partial charge in [0.15, 0.2) is 0 Å². The van der Waals surface area contributed by atoms with Gasteiger partial charge in [-0.1, -0.05) is 6.92 Å². The Balaban J connectivity index is 2.52. The van der Waals surface area contributed by atoms with Gasteiger partial charge in [0.1, 0.15) is 11.6 Å². The molecule has 1 N–H and O–H groups in total. The number of aromatic nitrogens is 2. The molecule has 1 heterocycles. The molecule has 20 heavy (non-hydrogen) atoms. The maximum absolute atomic E-state index is 14.3. The molecule has 0 saturated carbocycles. The van der Waals surface area contributed by atoms with E-state index in [1.54, 1.807) is 24.1 Å². The molecule has 0 spiro atoms. The fourth-order valence-electron chi connectivity index (χ4n) is 2.10. The van der Waals surface area contributed by atoms with Crippen LogP contribution in [0.1, 0.15) is 30.6 Å². The Morgan fingerprint density at radius 3 is 2.75 bits per heavy atom. The molecule has 1 aromatic carbocycles. The number of imidazole rings is 1. The van der Waals surface area contributed by atoms with Gasteiger partial charge in [0, 0.05) is 12.6 Å². The zero-order valence-electron chi connectivity index (χ0n) is 11.3. The van der Waals surface area contributed by atoms with Crippen molar-refractivity contribution in [2.75, 3.05) is 6.54 Å². The van der Waals surface area contributed by atoms with E-state index in [9.17, 15) is 8.78 Å². The maximum Gasteiger partial charge on any atom is 0.145 e. The highest BCUT2D eigenvalue weighted by molar-refractivity contribution is 9.10. The van der Waals surface area contributed by atoms with Crippen LogP contribution in [0.4, 0.5) is 8.78 Å². The van der Waals surface area contributed by atoms with Crippen molar-refractivity contribution in [1.82, 2.24) is 14.9 Å². The van der Waals surface area contributed by atoms with Crippen molar-refractivity contribution in [2.45, 2.75) is 19.4 Å². The summed E-state index contributed by atoms with van der Waals surface area (Å²) in [5, 5.41) is 3.18. The van der Waals surface area contributed by atoms with E-state index in [2.05, 4.69) is 26.2 Å². The van der Waals surface area contributed by atoms with Crippen molar-refractivity contribution in [2.24, 2.45) is 7.05 Å². The summed E-state index contributed by atoms with van der Waals surface area (Å²) in [7, 11) is 1.80. The Morgan fingerprint density at radius 1 is 1.40 bits per heavy atom. The van der Waals surface area contributed by atoms with Crippen molar-refractivity contribution in [3.63, 3.8) is 0 Å². The average Bonchev–Trinajstić information content (AvgIpc) is 2.84. The molecule has 0 amide bonds. The van der Waals surface area contributed by atoms with Gasteiger partial charge < -0.3 is 9.88 Å². The highest BCUT2D eigenvalue weighted by Crippen LogP contribution is 2.30. The highest BCUT2D eigenvalue weighted by atomic mass is 79.9. The maximum atomic E-state index is 14.3.